The Balaban J connectivity index is 2.11. The first-order valence-electron chi connectivity index (χ1n) is 8.86. The molecule has 26 heavy (non-hydrogen) atoms. The number of benzene rings is 1. The summed E-state index contributed by atoms with van der Waals surface area (Å²) >= 11 is 0. The van der Waals surface area contributed by atoms with Gasteiger partial charge in [0.1, 0.15) is 16.7 Å². The number of hydrogen-bond donors (Lipinski definition) is 2. The van der Waals surface area contributed by atoms with E-state index in [0.717, 1.165) is 19.3 Å². The van der Waals surface area contributed by atoms with E-state index in [4.69, 9.17) is 16.3 Å². The third-order valence-electron chi connectivity index (χ3n) is 5.04. The highest BCUT2D eigenvalue weighted by Crippen LogP contribution is 2.42. The van der Waals surface area contributed by atoms with E-state index in [9.17, 15) is 14.0 Å². The molecule has 8 nitrogen and oxygen atoms in total. The number of nitrogens with two attached hydrogens (primary N) is 2. The number of fused-ring (bicyclic) bond motifs is 1. The fraction of sp³-hybridized carbons (Fsp3) is 0.529. The first-order chi connectivity index (χ1) is 12.4. The molecule has 1 aliphatic heterocycles. The first kappa shape index (κ1) is 16.9. The fourth-order valence-electron chi connectivity index (χ4n) is 3.66. The molecular formula is C17H22FN5O3. The Labute approximate surface area is 148 Å². The standard InChI is InChI=1S/C17H22FN5O3/c1-2-26-15-12(21-6-5-9(19)8-21)7-11(18)13-14(15)22(10-3-4-10)17(25)23(20)16(13)24/h7,9-10H,2-6,8,19-20H2,1H3. The topological polar surface area (TPSA) is 109 Å². The molecule has 4 rings (SSSR count). The summed E-state index contributed by atoms with van der Waals surface area (Å²) in [5.41, 5.74) is 5.20. The van der Waals surface area contributed by atoms with Crippen molar-refractivity contribution in [3.63, 3.8) is 0 Å². The molecule has 2 aromatic rings. The monoisotopic (exact) mass is 363 g/mol. The Morgan fingerprint density at radius 2 is 2.04 bits per heavy atom. The summed E-state index contributed by atoms with van der Waals surface area (Å²) in [7, 11) is 0. The van der Waals surface area contributed by atoms with Gasteiger partial charge in [0, 0.05) is 31.2 Å². The molecule has 0 amide bonds. The third-order valence-corrected chi connectivity index (χ3v) is 5.04. The lowest BCUT2D eigenvalue weighted by Crippen LogP contribution is -2.45. The first-order valence-corrected chi connectivity index (χ1v) is 8.86. The van der Waals surface area contributed by atoms with Gasteiger partial charge in [-0.1, -0.05) is 0 Å². The lowest BCUT2D eigenvalue weighted by molar-refractivity contribution is 0.342. The van der Waals surface area contributed by atoms with Crippen LogP contribution >= 0.6 is 0 Å². The lowest BCUT2D eigenvalue weighted by atomic mass is 10.1. The van der Waals surface area contributed by atoms with Crippen LogP contribution in [0, 0.1) is 5.82 Å². The van der Waals surface area contributed by atoms with Crippen molar-refractivity contribution in [2.24, 2.45) is 5.73 Å². The minimum atomic E-state index is -0.856. The molecule has 1 saturated heterocycles. The van der Waals surface area contributed by atoms with E-state index >= 15 is 0 Å². The average molecular weight is 363 g/mol. The summed E-state index contributed by atoms with van der Waals surface area (Å²) in [6.45, 7) is 3.34. The molecule has 2 fully saturated rings. The number of aromatic nitrogens is 2. The summed E-state index contributed by atoms with van der Waals surface area (Å²) in [4.78, 5) is 27.1. The Hall–Kier alpha value is -2.55. The van der Waals surface area contributed by atoms with E-state index in [1.54, 1.807) is 6.92 Å². The Kier molecular flexibility index (Phi) is 3.91. The largest absolute Gasteiger partial charge is 0.489 e. The van der Waals surface area contributed by atoms with E-state index in [2.05, 4.69) is 0 Å². The summed E-state index contributed by atoms with van der Waals surface area (Å²) in [5, 5.41) is -0.213. The minimum absolute atomic E-state index is 0.00842. The number of anilines is 1. The number of nitrogen functional groups attached to an aromatic ring is 1. The highest BCUT2D eigenvalue weighted by molar-refractivity contribution is 5.91. The Morgan fingerprint density at radius 1 is 1.31 bits per heavy atom. The number of nitrogens with zero attached hydrogens (tertiary/aromatic N) is 3. The van der Waals surface area contributed by atoms with Gasteiger partial charge < -0.3 is 21.2 Å². The van der Waals surface area contributed by atoms with Crippen molar-refractivity contribution in [2.75, 3.05) is 30.4 Å². The number of rotatable bonds is 4. The van der Waals surface area contributed by atoms with Crippen LogP contribution in [0.1, 0.15) is 32.2 Å². The molecule has 1 saturated carbocycles. The zero-order valence-corrected chi connectivity index (χ0v) is 14.6. The van der Waals surface area contributed by atoms with Crippen molar-refractivity contribution in [2.45, 2.75) is 38.3 Å². The molecule has 4 N–H and O–H groups in total. The second kappa shape index (κ2) is 6.01. The summed E-state index contributed by atoms with van der Waals surface area (Å²) < 4.78 is 22.7. The van der Waals surface area contributed by atoms with Crippen LogP contribution in [0.5, 0.6) is 5.75 Å². The molecule has 140 valence electrons. The molecule has 0 bridgehead atoms. The maximum atomic E-state index is 15.0. The SMILES string of the molecule is CCOc1c(N2CCC(N)C2)cc(F)c2c(=O)n(N)c(=O)n(C3CC3)c12. The van der Waals surface area contributed by atoms with Gasteiger partial charge in [-0.25, -0.2) is 9.18 Å². The molecule has 9 heteroatoms. The molecule has 0 radical (unpaired) electrons. The van der Waals surface area contributed by atoms with Crippen molar-refractivity contribution in [1.29, 1.82) is 0 Å². The zero-order chi connectivity index (χ0) is 18.6. The van der Waals surface area contributed by atoms with Crippen molar-refractivity contribution >= 4 is 16.6 Å². The summed E-state index contributed by atoms with van der Waals surface area (Å²) in [6.07, 6.45) is 2.34. The van der Waals surface area contributed by atoms with E-state index < -0.39 is 17.1 Å². The van der Waals surface area contributed by atoms with Crippen molar-refractivity contribution < 1.29 is 9.13 Å². The van der Waals surface area contributed by atoms with E-state index in [1.165, 1.54) is 10.6 Å². The maximum Gasteiger partial charge on any atom is 0.350 e. The fourth-order valence-corrected chi connectivity index (χ4v) is 3.66. The normalized spacial score (nSPS) is 20.1. The predicted molar refractivity (Wildman–Crippen MR) is 96.8 cm³/mol. The predicted octanol–water partition coefficient (Wildman–Crippen LogP) is 0.287. The smallest absolute Gasteiger partial charge is 0.350 e. The second-order valence-corrected chi connectivity index (χ2v) is 6.92. The van der Waals surface area contributed by atoms with Crippen molar-refractivity contribution in [1.82, 2.24) is 9.24 Å². The number of hydrogen-bond acceptors (Lipinski definition) is 6. The molecule has 2 heterocycles. The Bertz CT molecular complexity index is 995. The molecule has 1 atom stereocenters. The van der Waals surface area contributed by atoms with Gasteiger partial charge in [0.2, 0.25) is 0 Å². The van der Waals surface area contributed by atoms with Crippen molar-refractivity contribution in [3.8, 4) is 5.75 Å². The molecule has 0 spiro atoms. The molecule has 1 aromatic carbocycles. The van der Waals surface area contributed by atoms with Crippen LogP contribution in [-0.4, -0.2) is 35.0 Å². The molecule has 1 aromatic heterocycles. The van der Waals surface area contributed by atoms with Gasteiger partial charge in [-0.05, 0) is 26.2 Å². The molecule has 1 unspecified atom stereocenters. The highest BCUT2D eigenvalue weighted by Gasteiger charge is 2.33. The average Bonchev–Trinajstić information content (AvgIpc) is 3.35. The molecule has 2 aliphatic rings. The van der Waals surface area contributed by atoms with Crippen LogP contribution in [-0.2, 0) is 0 Å². The van der Waals surface area contributed by atoms with Crippen LogP contribution in [0.25, 0.3) is 10.9 Å². The van der Waals surface area contributed by atoms with E-state index in [1.807, 2.05) is 4.90 Å². The van der Waals surface area contributed by atoms with Gasteiger partial charge in [-0.3, -0.25) is 9.36 Å². The second-order valence-electron chi connectivity index (χ2n) is 6.92. The van der Waals surface area contributed by atoms with E-state index in [-0.39, 0.29) is 23.0 Å². The lowest BCUT2D eigenvalue weighted by Gasteiger charge is -2.24. The van der Waals surface area contributed by atoms with Gasteiger partial charge in [-0.2, -0.15) is 4.68 Å². The van der Waals surface area contributed by atoms with Gasteiger partial charge in [0.05, 0.1) is 12.3 Å². The van der Waals surface area contributed by atoms with E-state index in [0.29, 0.717) is 35.8 Å². The quantitative estimate of drug-likeness (QED) is 0.756. The summed E-state index contributed by atoms with van der Waals surface area (Å²) in [5.74, 6) is 5.26. The summed E-state index contributed by atoms with van der Waals surface area (Å²) in [6, 6.07) is 1.18. The van der Waals surface area contributed by atoms with Crippen molar-refractivity contribution in [3.05, 3.63) is 32.7 Å². The number of halogens is 1. The third kappa shape index (κ3) is 2.45. The van der Waals surface area contributed by atoms with Gasteiger partial charge >= 0.3 is 5.69 Å². The van der Waals surface area contributed by atoms with Gasteiger partial charge in [-0.15, -0.1) is 0 Å². The number of ether oxygens (including phenoxy) is 1. The minimum Gasteiger partial charge on any atom is -0.489 e. The zero-order valence-electron chi connectivity index (χ0n) is 14.6. The highest BCUT2D eigenvalue weighted by atomic mass is 19.1. The van der Waals surface area contributed by atoms with Gasteiger partial charge in [0.15, 0.2) is 5.75 Å². The van der Waals surface area contributed by atoms with Gasteiger partial charge in [0.25, 0.3) is 5.56 Å². The maximum absolute atomic E-state index is 15.0. The van der Waals surface area contributed by atoms with Crippen LogP contribution in [0.4, 0.5) is 10.1 Å². The Morgan fingerprint density at radius 3 is 2.62 bits per heavy atom. The molecular weight excluding hydrogens is 341 g/mol. The van der Waals surface area contributed by atoms with Crippen LogP contribution < -0.4 is 32.5 Å². The van der Waals surface area contributed by atoms with Crippen LogP contribution in [0.15, 0.2) is 15.7 Å². The van der Waals surface area contributed by atoms with Crippen LogP contribution in [0.3, 0.4) is 0 Å². The van der Waals surface area contributed by atoms with Crippen LogP contribution in [0.2, 0.25) is 0 Å². The molecule has 1 aliphatic carbocycles.